The highest BCUT2D eigenvalue weighted by atomic mass is 16.3. The zero-order valence-corrected chi connectivity index (χ0v) is 13.5. The summed E-state index contributed by atoms with van der Waals surface area (Å²) in [6.07, 6.45) is 7.36. The van der Waals surface area contributed by atoms with Crippen molar-refractivity contribution in [3.8, 4) is 0 Å². The Morgan fingerprint density at radius 1 is 1.24 bits per heavy atom. The van der Waals surface area contributed by atoms with E-state index < -0.39 is 5.60 Å². The maximum atomic E-state index is 12.4. The second kappa shape index (κ2) is 5.54. The average Bonchev–Trinajstić information content (AvgIpc) is 3.03. The second-order valence-electron chi connectivity index (χ2n) is 8.35. The summed E-state index contributed by atoms with van der Waals surface area (Å²) in [6.45, 7) is 5.92. The van der Waals surface area contributed by atoms with E-state index in [0.717, 1.165) is 32.2 Å². The Labute approximate surface area is 128 Å². The van der Waals surface area contributed by atoms with Crippen LogP contribution in [-0.4, -0.2) is 35.7 Å². The van der Waals surface area contributed by atoms with Gasteiger partial charge in [-0.2, -0.15) is 0 Å². The van der Waals surface area contributed by atoms with Crippen LogP contribution in [0.2, 0.25) is 0 Å². The largest absolute Gasteiger partial charge is 0.388 e. The van der Waals surface area contributed by atoms with E-state index in [9.17, 15) is 9.90 Å². The number of carbonyl (C=O) groups excluding carboxylic acids is 1. The minimum Gasteiger partial charge on any atom is -0.388 e. The fraction of sp³-hybridized carbons (Fsp3) is 0.941. The normalized spacial score (nSPS) is 37.2. The highest BCUT2D eigenvalue weighted by Gasteiger charge is 2.43. The average molecular weight is 294 g/mol. The number of rotatable bonds is 3. The van der Waals surface area contributed by atoms with Crippen molar-refractivity contribution in [1.82, 2.24) is 10.6 Å². The Balaban J connectivity index is 1.50. The van der Waals surface area contributed by atoms with E-state index in [0.29, 0.717) is 23.8 Å². The Morgan fingerprint density at radius 3 is 2.67 bits per heavy atom. The third-order valence-corrected chi connectivity index (χ3v) is 6.15. The Morgan fingerprint density at radius 2 is 1.95 bits per heavy atom. The number of aliphatic hydroxyl groups is 1. The minimum absolute atomic E-state index is 0.0267. The highest BCUT2D eigenvalue weighted by Crippen LogP contribution is 2.40. The Hall–Kier alpha value is -0.610. The molecule has 120 valence electrons. The molecule has 0 spiro atoms. The molecule has 3 rings (SSSR count). The molecule has 2 aliphatic carbocycles. The van der Waals surface area contributed by atoms with Gasteiger partial charge in [0, 0.05) is 6.54 Å². The van der Waals surface area contributed by atoms with E-state index in [1.165, 1.54) is 19.3 Å². The van der Waals surface area contributed by atoms with E-state index in [-0.39, 0.29) is 11.9 Å². The summed E-state index contributed by atoms with van der Waals surface area (Å²) in [5.74, 6) is 1.31. The molecule has 4 nitrogen and oxygen atoms in total. The van der Waals surface area contributed by atoms with Crippen LogP contribution in [-0.2, 0) is 4.79 Å². The number of nitrogens with one attached hydrogen (secondary N) is 2. The number of hydrogen-bond donors (Lipinski definition) is 3. The first kappa shape index (κ1) is 15.3. The third kappa shape index (κ3) is 3.26. The number of fused-ring (bicyclic) bond motifs is 1. The van der Waals surface area contributed by atoms with E-state index in [1.807, 2.05) is 0 Å². The van der Waals surface area contributed by atoms with Gasteiger partial charge in [0.15, 0.2) is 0 Å². The monoisotopic (exact) mass is 294 g/mol. The zero-order chi connectivity index (χ0) is 15.1. The predicted molar refractivity (Wildman–Crippen MR) is 82.8 cm³/mol. The summed E-state index contributed by atoms with van der Waals surface area (Å²) in [7, 11) is 0. The van der Waals surface area contributed by atoms with Crippen molar-refractivity contribution < 1.29 is 9.90 Å². The molecule has 0 aromatic rings. The lowest BCUT2D eigenvalue weighted by Crippen LogP contribution is -2.51. The standard InChI is InChI=1S/C17H30N2O2/c1-16(2)6-8-17(21,9-7-16)11-19-15(20)14-13-5-3-4-12(13)10-18-14/h12-14,18,21H,3-11H2,1-2H3,(H,19,20). The topological polar surface area (TPSA) is 61.4 Å². The quantitative estimate of drug-likeness (QED) is 0.744. The van der Waals surface area contributed by atoms with Gasteiger partial charge in [0.1, 0.15) is 0 Å². The van der Waals surface area contributed by atoms with Crippen LogP contribution in [0, 0.1) is 17.3 Å². The lowest BCUT2D eigenvalue weighted by molar-refractivity contribution is -0.125. The molecule has 0 bridgehead atoms. The van der Waals surface area contributed by atoms with Gasteiger partial charge in [0.25, 0.3) is 0 Å². The first-order valence-corrected chi connectivity index (χ1v) is 8.62. The number of amides is 1. The summed E-state index contributed by atoms with van der Waals surface area (Å²) in [5.41, 5.74) is -0.362. The molecule has 0 aromatic carbocycles. The molecule has 3 N–H and O–H groups in total. The molecule has 0 radical (unpaired) electrons. The predicted octanol–water partition coefficient (Wildman–Crippen LogP) is 1.82. The number of carbonyl (C=O) groups is 1. The summed E-state index contributed by atoms with van der Waals surface area (Å²) >= 11 is 0. The Kier molecular flexibility index (Phi) is 4.04. The molecule has 1 saturated heterocycles. The van der Waals surface area contributed by atoms with Crippen LogP contribution in [0.3, 0.4) is 0 Å². The molecule has 3 atom stereocenters. The fourth-order valence-corrected chi connectivity index (χ4v) is 4.41. The first-order chi connectivity index (χ1) is 9.89. The van der Waals surface area contributed by atoms with Gasteiger partial charge in [-0.15, -0.1) is 0 Å². The molecular weight excluding hydrogens is 264 g/mol. The van der Waals surface area contributed by atoms with Crippen molar-refractivity contribution in [2.75, 3.05) is 13.1 Å². The van der Waals surface area contributed by atoms with Gasteiger partial charge in [-0.3, -0.25) is 4.79 Å². The van der Waals surface area contributed by atoms with Crippen LogP contribution < -0.4 is 10.6 Å². The molecule has 3 fully saturated rings. The molecule has 2 saturated carbocycles. The zero-order valence-electron chi connectivity index (χ0n) is 13.5. The summed E-state index contributed by atoms with van der Waals surface area (Å²) in [4.78, 5) is 12.4. The van der Waals surface area contributed by atoms with Gasteiger partial charge in [-0.25, -0.2) is 0 Å². The smallest absolute Gasteiger partial charge is 0.237 e. The maximum Gasteiger partial charge on any atom is 0.237 e. The van der Waals surface area contributed by atoms with Gasteiger partial charge >= 0.3 is 0 Å². The van der Waals surface area contributed by atoms with E-state index in [2.05, 4.69) is 24.5 Å². The lowest BCUT2D eigenvalue weighted by atomic mass is 9.71. The van der Waals surface area contributed by atoms with Crippen molar-refractivity contribution in [2.24, 2.45) is 17.3 Å². The molecule has 1 heterocycles. The van der Waals surface area contributed by atoms with Crippen LogP contribution in [0.4, 0.5) is 0 Å². The van der Waals surface area contributed by atoms with Crippen LogP contribution >= 0.6 is 0 Å². The van der Waals surface area contributed by atoms with Crippen molar-refractivity contribution in [3.63, 3.8) is 0 Å². The van der Waals surface area contributed by atoms with Crippen molar-refractivity contribution in [1.29, 1.82) is 0 Å². The van der Waals surface area contributed by atoms with Crippen molar-refractivity contribution in [2.45, 2.75) is 70.4 Å². The van der Waals surface area contributed by atoms with Gasteiger partial charge in [-0.05, 0) is 62.3 Å². The molecule has 3 aliphatic rings. The van der Waals surface area contributed by atoms with Gasteiger partial charge < -0.3 is 15.7 Å². The minimum atomic E-state index is -0.696. The van der Waals surface area contributed by atoms with Gasteiger partial charge in [0.2, 0.25) is 5.91 Å². The van der Waals surface area contributed by atoms with Crippen LogP contribution in [0.1, 0.15) is 58.8 Å². The van der Waals surface area contributed by atoms with Crippen molar-refractivity contribution >= 4 is 5.91 Å². The van der Waals surface area contributed by atoms with E-state index >= 15 is 0 Å². The maximum absolute atomic E-state index is 12.4. The summed E-state index contributed by atoms with van der Waals surface area (Å²) in [5, 5.41) is 17.0. The molecule has 1 amide bonds. The van der Waals surface area contributed by atoms with Crippen molar-refractivity contribution in [3.05, 3.63) is 0 Å². The first-order valence-electron chi connectivity index (χ1n) is 8.62. The third-order valence-electron chi connectivity index (χ3n) is 6.15. The SMILES string of the molecule is CC1(C)CCC(O)(CNC(=O)C2NCC3CCCC32)CC1. The molecular formula is C17H30N2O2. The van der Waals surface area contributed by atoms with Gasteiger partial charge in [0.05, 0.1) is 11.6 Å². The summed E-state index contributed by atoms with van der Waals surface area (Å²) < 4.78 is 0. The summed E-state index contributed by atoms with van der Waals surface area (Å²) in [6, 6.07) is -0.0267. The van der Waals surface area contributed by atoms with Crippen LogP contribution in [0.15, 0.2) is 0 Å². The molecule has 3 unspecified atom stereocenters. The van der Waals surface area contributed by atoms with Crippen LogP contribution in [0.5, 0.6) is 0 Å². The van der Waals surface area contributed by atoms with E-state index in [4.69, 9.17) is 0 Å². The molecule has 4 heteroatoms. The van der Waals surface area contributed by atoms with Crippen LogP contribution in [0.25, 0.3) is 0 Å². The second-order valence-corrected chi connectivity index (χ2v) is 8.35. The van der Waals surface area contributed by atoms with Gasteiger partial charge in [-0.1, -0.05) is 20.3 Å². The fourth-order valence-electron chi connectivity index (χ4n) is 4.41. The van der Waals surface area contributed by atoms with E-state index in [1.54, 1.807) is 0 Å². The molecule has 1 aliphatic heterocycles. The number of hydrogen-bond acceptors (Lipinski definition) is 3. The molecule has 0 aromatic heterocycles. The Bertz CT molecular complexity index is 398. The highest BCUT2D eigenvalue weighted by molar-refractivity contribution is 5.82. The molecule has 21 heavy (non-hydrogen) atoms. The lowest BCUT2D eigenvalue weighted by Gasteiger charge is -2.40.